The lowest BCUT2D eigenvalue weighted by molar-refractivity contribution is -0.112. The van der Waals surface area contributed by atoms with Crippen LogP contribution in [0.5, 0.6) is 0 Å². The van der Waals surface area contributed by atoms with Gasteiger partial charge in [-0.2, -0.15) is 5.26 Å². The van der Waals surface area contributed by atoms with Crippen molar-refractivity contribution in [1.29, 1.82) is 5.26 Å². The predicted octanol–water partition coefficient (Wildman–Crippen LogP) is 3.77. The van der Waals surface area contributed by atoms with Gasteiger partial charge >= 0.3 is 0 Å². The lowest BCUT2D eigenvalue weighted by Gasteiger charge is -2.02. The Balaban J connectivity index is 1.72. The molecule has 25 heavy (non-hydrogen) atoms. The maximum absolute atomic E-state index is 12.2. The minimum Gasteiger partial charge on any atom is -0.450 e. The molecule has 1 aromatic carbocycles. The molecule has 122 valence electrons. The first kappa shape index (κ1) is 16.5. The molecule has 2 aromatic heterocycles. The number of hydrogen-bond acceptors (Lipinski definition) is 6. The van der Waals surface area contributed by atoms with Crippen LogP contribution in [-0.2, 0) is 4.79 Å². The third-order valence-corrected chi connectivity index (χ3v) is 3.83. The highest BCUT2D eigenvalue weighted by atomic mass is 32.2. The minimum atomic E-state index is -0.495. The fourth-order valence-corrected chi connectivity index (χ4v) is 2.59. The van der Waals surface area contributed by atoms with Crippen LogP contribution >= 0.6 is 11.8 Å². The number of hydrogen-bond donors (Lipinski definition) is 1. The van der Waals surface area contributed by atoms with Crippen LogP contribution < -0.4 is 5.32 Å². The smallest absolute Gasteiger partial charge is 0.266 e. The molecule has 0 aliphatic heterocycles. The number of carbonyl (C=O) groups excluding carboxylic acids is 1. The van der Waals surface area contributed by atoms with Gasteiger partial charge in [-0.3, -0.25) is 4.79 Å². The molecule has 0 atom stereocenters. The van der Waals surface area contributed by atoms with Crippen LogP contribution in [0.3, 0.4) is 0 Å². The number of aromatic nitrogens is 2. The number of nitriles is 1. The number of carbonyl (C=O) groups is 1. The zero-order chi connectivity index (χ0) is 17.5. The van der Waals surface area contributed by atoms with Crippen molar-refractivity contribution in [3.8, 4) is 6.07 Å². The number of nitrogens with one attached hydrogen (secondary N) is 1. The van der Waals surface area contributed by atoms with Crippen LogP contribution in [0.15, 0.2) is 81.2 Å². The van der Waals surface area contributed by atoms with Crippen LogP contribution in [0.1, 0.15) is 5.76 Å². The molecule has 0 saturated carbocycles. The van der Waals surface area contributed by atoms with E-state index in [1.165, 1.54) is 17.8 Å². The lowest BCUT2D eigenvalue weighted by Crippen LogP contribution is -2.13. The molecule has 6 nitrogen and oxygen atoms in total. The number of benzene rings is 1. The van der Waals surface area contributed by atoms with Crippen LogP contribution in [0.4, 0.5) is 5.69 Å². The van der Waals surface area contributed by atoms with Crippen molar-refractivity contribution < 1.29 is 9.21 Å². The van der Waals surface area contributed by atoms with E-state index in [1.807, 2.05) is 12.1 Å². The molecule has 0 unspecified atom stereocenters. The van der Waals surface area contributed by atoms with Crippen LogP contribution in [0, 0.1) is 11.3 Å². The summed E-state index contributed by atoms with van der Waals surface area (Å²) < 4.78 is 5.60. The molecule has 3 aromatic rings. The van der Waals surface area contributed by atoms with Crippen LogP contribution in [0.2, 0.25) is 0 Å². The normalized spacial score (nSPS) is 10.9. The first-order chi connectivity index (χ1) is 12.2. The van der Waals surface area contributed by atoms with Crippen LogP contribution in [0.25, 0.3) is 6.08 Å². The molecule has 0 fully saturated rings. The lowest BCUT2D eigenvalue weighted by atomic mass is 10.2. The Labute approximate surface area is 148 Å². The molecule has 0 aliphatic carbocycles. The zero-order valence-corrected chi connectivity index (χ0v) is 13.7. The fraction of sp³-hybridized carbons (Fsp3) is 0. The van der Waals surface area contributed by atoms with E-state index in [9.17, 15) is 10.1 Å². The van der Waals surface area contributed by atoms with Crippen molar-refractivity contribution in [2.24, 2.45) is 0 Å². The Kier molecular flexibility index (Phi) is 5.24. The minimum absolute atomic E-state index is 0.0503. The van der Waals surface area contributed by atoms with Gasteiger partial charge in [0.25, 0.3) is 5.91 Å². The molecule has 1 amide bonds. The summed E-state index contributed by atoms with van der Waals surface area (Å²) in [6.07, 6.45) is 4.68. The molecule has 7 heteroatoms. The van der Waals surface area contributed by atoms with Crippen molar-refractivity contribution in [3.63, 3.8) is 0 Å². The monoisotopic (exact) mass is 348 g/mol. The highest BCUT2D eigenvalue weighted by Crippen LogP contribution is 2.27. The topological polar surface area (TPSA) is 91.8 Å². The molecule has 2 heterocycles. The van der Waals surface area contributed by atoms with Crippen molar-refractivity contribution in [2.75, 3.05) is 5.32 Å². The van der Waals surface area contributed by atoms with Gasteiger partial charge < -0.3 is 9.73 Å². The molecule has 0 bridgehead atoms. The summed E-state index contributed by atoms with van der Waals surface area (Å²) >= 11 is 1.25. The fourth-order valence-electron chi connectivity index (χ4n) is 1.91. The molecule has 1 N–H and O–H groups in total. The Morgan fingerprint density at radius 1 is 1.12 bits per heavy atom. The van der Waals surface area contributed by atoms with E-state index in [4.69, 9.17) is 4.42 Å². The molecular weight excluding hydrogens is 336 g/mol. The van der Waals surface area contributed by atoms with Gasteiger partial charge in [0, 0.05) is 24.2 Å². The average molecular weight is 348 g/mol. The largest absolute Gasteiger partial charge is 0.450 e. The summed E-state index contributed by atoms with van der Waals surface area (Å²) in [5.41, 5.74) is 0.566. The van der Waals surface area contributed by atoms with Crippen molar-refractivity contribution in [2.45, 2.75) is 10.2 Å². The van der Waals surface area contributed by atoms with Crippen molar-refractivity contribution >= 4 is 29.4 Å². The number of para-hydroxylation sites is 1. The summed E-state index contributed by atoms with van der Waals surface area (Å²) in [6.45, 7) is 0. The third kappa shape index (κ3) is 4.56. The number of nitrogens with zero attached hydrogens (tertiary/aromatic N) is 3. The summed E-state index contributed by atoms with van der Waals surface area (Å²) in [5, 5.41) is 13.0. The molecule has 3 rings (SSSR count). The second kappa shape index (κ2) is 7.95. The Morgan fingerprint density at radius 3 is 2.60 bits per heavy atom. The number of furan rings is 1. The number of amides is 1. The first-order valence-electron chi connectivity index (χ1n) is 7.27. The van der Waals surface area contributed by atoms with Gasteiger partial charge in [-0.1, -0.05) is 18.2 Å². The Hall–Kier alpha value is -3.37. The summed E-state index contributed by atoms with van der Waals surface area (Å²) in [5.74, 6) is -0.0936. The molecule has 0 radical (unpaired) electrons. The van der Waals surface area contributed by atoms with Gasteiger partial charge in [0.2, 0.25) is 0 Å². The van der Waals surface area contributed by atoms with E-state index in [0.29, 0.717) is 21.7 Å². The SMILES string of the molecule is N#C/C(=C\c1ccc(Sc2ncccn2)o1)C(=O)Nc1ccccc1. The van der Waals surface area contributed by atoms with Gasteiger partial charge in [-0.05, 0) is 42.1 Å². The number of anilines is 1. The molecule has 0 saturated heterocycles. The van der Waals surface area contributed by atoms with E-state index >= 15 is 0 Å². The third-order valence-electron chi connectivity index (χ3n) is 3.02. The average Bonchev–Trinajstić information content (AvgIpc) is 3.08. The standard InChI is InChI=1S/C18H12N4O2S/c19-12-13(17(23)22-14-5-2-1-3-6-14)11-15-7-8-16(24-15)25-18-20-9-4-10-21-18/h1-11H,(H,22,23)/b13-11+. The second-order valence-electron chi connectivity index (χ2n) is 4.78. The molecule has 0 spiro atoms. The maximum atomic E-state index is 12.2. The molecule has 0 aliphatic rings. The zero-order valence-electron chi connectivity index (χ0n) is 12.9. The quantitative estimate of drug-likeness (QED) is 0.429. The van der Waals surface area contributed by atoms with E-state index in [2.05, 4.69) is 15.3 Å². The first-order valence-corrected chi connectivity index (χ1v) is 8.09. The second-order valence-corrected chi connectivity index (χ2v) is 5.75. The predicted molar refractivity (Wildman–Crippen MR) is 93.5 cm³/mol. The van der Waals surface area contributed by atoms with Gasteiger partial charge in [-0.25, -0.2) is 9.97 Å². The Bertz CT molecular complexity index is 930. The maximum Gasteiger partial charge on any atom is 0.266 e. The summed E-state index contributed by atoms with van der Waals surface area (Å²) in [7, 11) is 0. The highest BCUT2D eigenvalue weighted by molar-refractivity contribution is 7.99. The van der Waals surface area contributed by atoms with Gasteiger partial charge in [0.15, 0.2) is 10.2 Å². The summed E-state index contributed by atoms with van der Waals surface area (Å²) in [6, 6.07) is 16.0. The molecular formula is C18H12N4O2S. The van der Waals surface area contributed by atoms with E-state index in [0.717, 1.165) is 0 Å². The number of rotatable bonds is 5. The van der Waals surface area contributed by atoms with Crippen molar-refractivity contribution in [1.82, 2.24) is 9.97 Å². The van der Waals surface area contributed by atoms with Gasteiger partial charge in [-0.15, -0.1) is 0 Å². The van der Waals surface area contributed by atoms with Gasteiger partial charge in [0.05, 0.1) is 0 Å². The van der Waals surface area contributed by atoms with Gasteiger partial charge in [0.1, 0.15) is 17.4 Å². The van der Waals surface area contributed by atoms with Crippen molar-refractivity contribution in [3.05, 3.63) is 72.3 Å². The Morgan fingerprint density at radius 2 is 1.88 bits per heavy atom. The summed E-state index contributed by atoms with van der Waals surface area (Å²) in [4.78, 5) is 20.4. The van der Waals surface area contributed by atoms with E-state index in [1.54, 1.807) is 54.9 Å². The highest BCUT2D eigenvalue weighted by Gasteiger charge is 2.11. The van der Waals surface area contributed by atoms with E-state index < -0.39 is 5.91 Å². The van der Waals surface area contributed by atoms with E-state index in [-0.39, 0.29) is 5.57 Å². The van der Waals surface area contributed by atoms with Crippen LogP contribution in [-0.4, -0.2) is 15.9 Å².